The van der Waals surface area contributed by atoms with Gasteiger partial charge >= 0.3 is 0 Å². The molecule has 28 heavy (non-hydrogen) atoms. The molecule has 5 N–H and O–H groups in total. The Hall–Kier alpha value is -2.20. The molecular weight excluding hydrogens is 402 g/mol. The minimum absolute atomic E-state index is 0.0938. The Morgan fingerprint density at radius 1 is 1.18 bits per heavy atom. The van der Waals surface area contributed by atoms with Crippen LogP contribution in [0.15, 0.2) is 35.2 Å². The summed E-state index contributed by atoms with van der Waals surface area (Å²) in [5.74, 6) is 0.286. The third-order valence-corrected chi connectivity index (χ3v) is 6.81. The zero-order valence-corrected chi connectivity index (χ0v) is 16.5. The molecule has 4 rings (SSSR count). The third kappa shape index (κ3) is 3.70. The van der Waals surface area contributed by atoms with Crippen molar-refractivity contribution in [3.05, 3.63) is 35.4 Å². The summed E-state index contributed by atoms with van der Waals surface area (Å²) in [6, 6.07) is 7.93. The van der Waals surface area contributed by atoms with Crippen molar-refractivity contribution in [1.82, 2.24) is 19.9 Å². The fourth-order valence-corrected chi connectivity index (χ4v) is 5.09. The largest absolute Gasteiger partial charge is 0.393 e. The molecule has 8 nitrogen and oxygen atoms in total. The number of nitrogens with one attached hydrogen (secondary N) is 2. The van der Waals surface area contributed by atoms with E-state index < -0.39 is 10.0 Å². The molecule has 2 aromatic heterocycles. The standard InChI is InChI=1S/C18H20ClN5O3S/c19-14-9-12(28(26,27)24-10-1-3-11(25)4-2-10)5-6-13(14)15-7-8-16-17(21-15)18(20)23-22-16/h5-11,24-25H,1-4H2,(H3,20,22,23)/t10-,11+. The van der Waals surface area contributed by atoms with Gasteiger partial charge < -0.3 is 10.8 Å². The van der Waals surface area contributed by atoms with Gasteiger partial charge in [0.15, 0.2) is 5.82 Å². The zero-order valence-electron chi connectivity index (χ0n) is 14.9. The summed E-state index contributed by atoms with van der Waals surface area (Å²) in [4.78, 5) is 4.56. The van der Waals surface area contributed by atoms with Crippen molar-refractivity contribution in [1.29, 1.82) is 0 Å². The molecule has 1 fully saturated rings. The highest BCUT2D eigenvalue weighted by molar-refractivity contribution is 7.89. The van der Waals surface area contributed by atoms with Crippen LogP contribution in [0.1, 0.15) is 25.7 Å². The van der Waals surface area contributed by atoms with Crippen LogP contribution in [-0.2, 0) is 10.0 Å². The summed E-state index contributed by atoms with van der Waals surface area (Å²) in [5, 5.41) is 16.5. The van der Waals surface area contributed by atoms with Crippen molar-refractivity contribution in [2.75, 3.05) is 5.73 Å². The molecule has 0 saturated heterocycles. The van der Waals surface area contributed by atoms with Gasteiger partial charge in [0.05, 0.1) is 27.2 Å². The van der Waals surface area contributed by atoms with E-state index in [4.69, 9.17) is 17.3 Å². The maximum Gasteiger partial charge on any atom is 0.240 e. The number of aromatic amines is 1. The number of hydrogen-bond acceptors (Lipinski definition) is 6. The van der Waals surface area contributed by atoms with Gasteiger partial charge in [-0.2, -0.15) is 5.10 Å². The number of halogens is 1. The second-order valence-corrected chi connectivity index (χ2v) is 9.09. The van der Waals surface area contributed by atoms with E-state index in [-0.39, 0.29) is 27.9 Å². The van der Waals surface area contributed by atoms with Crippen LogP contribution in [0.4, 0.5) is 5.82 Å². The number of nitrogens with two attached hydrogens (primary N) is 1. The maximum atomic E-state index is 12.7. The Morgan fingerprint density at radius 2 is 1.93 bits per heavy atom. The Balaban J connectivity index is 1.60. The Morgan fingerprint density at radius 3 is 2.64 bits per heavy atom. The number of hydrogen-bond donors (Lipinski definition) is 4. The normalized spacial score (nSPS) is 20.5. The SMILES string of the molecule is Nc1n[nH]c2ccc(-c3ccc(S(=O)(=O)N[C@H]4CC[C@@H](O)CC4)cc3Cl)nc12. The average Bonchev–Trinajstić information content (AvgIpc) is 3.04. The van der Waals surface area contributed by atoms with E-state index in [1.165, 1.54) is 12.1 Å². The van der Waals surface area contributed by atoms with Crippen molar-refractivity contribution in [2.45, 2.75) is 42.7 Å². The number of anilines is 1. The Bertz CT molecular complexity index is 1120. The lowest BCUT2D eigenvalue weighted by Crippen LogP contribution is -2.38. The number of aliphatic hydroxyl groups is 1. The first-order valence-corrected chi connectivity index (χ1v) is 10.8. The van der Waals surface area contributed by atoms with Gasteiger partial charge in [0.2, 0.25) is 10.0 Å². The number of nitrogen functional groups attached to an aromatic ring is 1. The summed E-state index contributed by atoms with van der Waals surface area (Å²) in [6.45, 7) is 0. The van der Waals surface area contributed by atoms with E-state index in [2.05, 4.69) is 19.9 Å². The minimum atomic E-state index is -3.70. The van der Waals surface area contributed by atoms with Gasteiger partial charge in [-0.3, -0.25) is 5.10 Å². The molecule has 0 unspecified atom stereocenters. The van der Waals surface area contributed by atoms with Gasteiger partial charge in [0.1, 0.15) is 5.52 Å². The van der Waals surface area contributed by atoms with E-state index in [1.807, 2.05) is 0 Å². The predicted molar refractivity (Wildman–Crippen MR) is 107 cm³/mol. The van der Waals surface area contributed by atoms with Crippen LogP contribution in [0.25, 0.3) is 22.3 Å². The lowest BCUT2D eigenvalue weighted by atomic mass is 9.94. The molecule has 10 heteroatoms. The molecule has 0 bridgehead atoms. The van der Waals surface area contributed by atoms with E-state index in [0.717, 1.165) is 0 Å². The summed E-state index contributed by atoms with van der Waals surface area (Å²) in [5.41, 5.74) is 8.21. The second-order valence-electron chi connectivity index (χ2n) is 6.97. The smallest absolute Gasteiger partial charge is 0.240 e. The number of pyridine rings is 1. The Labute approximate surface area is 167 Å². The van der Waals surface area contributed by atoms with Crippen molar-refractivity contribution in [3.63, 3.8) is 0 Å². The topological polar surface area (TPSA) is 134 Å². The molecule has 1 aliphatic carbocycles. The monoisotopic (exact) mass is 421 g/mol. The third-order valence-electron chi connectivity index (χ3n) is 4.98. The lowest BCUT2D eigenvalue weighted by molar-refractivity contribution is 0.120. The number of nitrogens with zero attached hydrogens (tertiary/aromatic N) is 2. The molecule has 3 aromatic rings. The molecule has 2 heterocycles. The van der Waals surface area contributed by atoms with Crippen LogP contribution in [0.2, 0.25) is 5.02 Å². The van der Waals surface area contributed by atoms with Gasteiger partial charge in [0.25, 0.3) is 0 Å². The van der Waals surface area contributed by atoms with Crippen LogP contribution in [0.3, 0.4) is 0 Å². The van der Waals surface area contributed by atoms with E-state index in [0.29, 0.717) is 48.0 Å². The highest BCUT2D eigenvalue weighted by Gasteiger charge is 2.25. The molecule has 0 radical (unpaired) electrons. The molecule has 0 atom stereocenters. The van der Waals surface area contributed by atoms with Gasteiger partial charge in [0, 0.05) is 11.6 Å². The molecule has 1 saturated carbocycles. The summed E-state index contributed by atoms with van der Waals surface area (Å²) >= 11 is 6.38. The van der Waals surface area contributed by atoms with Gasteiger partial charge in [-0.25, -0.2) is 18.1 Å². The van der Waals surface area contributed by atoms with E-state index in [9.17, 15) is 13.5 Å². The molecular formula is C18H20ClN5O3S. The zero-order chi connectivity index (χ0) is 19.9. The maximum absolute atomic E-state index is 12.7. The van der Waals surface area contributed by atoms with E-state index in [1.54, 1.807) is 18.2 Å². The Kier molecular flexibility index (Phi) is 5.00. The van der Waals surface area contributed by atoms with Crippen molar-refractivity contribution in [3.8, 4) is 11.3 Å². The van der Waals surface area contributed by atoms with Crippen LogP contribution >= 0.6 is 11.6 Å². The number of rotatable bonds is 4. The molecule has 0 aliphatic heterocycles. The molecule has 0 amide bonds. The number of benzene rings is 1. The fourth-order valence-electron chi connectivity index (χ4n) is 3.42. The average molecular weight is 422 g/mol. The van der Waals surface area contributed by atoms with Crippen molar-refractivity contribution >= 4 is 38.5 Å². The number of sulfonamides is 1. The first-order valence-electron chi connectivity index (χ1n) is 8.94. The van der Waals surface area contributed by atoms with Crippen LogP contribution in [-0.4, -0.2) is 40.9 Å². The second kappa shape index (κ2) is 7.32. The van der Waals surface area contributed by atoms with Crippen molar-refractivity contribution in [2.24, 2.45) is 0 Å². The summed E-state index contributed by atoms with van der Waals surface area (Å²) < 4.78 is 28.1. The van der Waals surface area contributed by atoms with Gasteiger partial charge in [-0.1, -0.05) is 11.6 Å². The number of aliphatic hydroxyl groups excluding tert-OH is 1. The number of fused-ring (bicyclic) bond motifs is 1. The van der Waals surface area contributed by atoms with Crippen LogP contribution in [0, 0.1) is 0 Å². The molecule has 1 aliphatic rings. The predicted octanol–water partition coefficient (Wildman–Crippen LogP) is 2.44. The van der Waals surface area contributed by atoms with Crippen LogP contribution < -0.4 is 10.5 Å². The molecule has 148 valence electrons. The summed E-state index contributed by atoms with van der Waals surface area (Å²) in [7, 11) is -3.70. The van der Waals surface area contributed by atoms with E-state index >= 15 is 0 Å². The van der Waals surface area contributed by atoms with Gasteiger partial charge in [-0.05, 0) is 56.0 Å². The van der Waals surface area contributed by atoms with Crippen LogP contribution in [0.5, 0.6) is 0 Å². The fraction of sp³-hybridized carbons (Fsp3) is 0.333. The number of aromatic nitrogens is 3. The first kappa shape index (κ1) is 19.1. The number of H-pyrrole nitrogens is 1. The quantitative estimate of drug-likeness (QED) is 0.511. The highest BCUT2D eigenvalue weighted by atomic mass is 35.5. The summed E-state index contributed by atoms with van der Waals surface area (Å²) in [6.07, 6.45) is 2.07. The first-order chi connectivity index (χ1) is 13.3. The minimum Gasteiger partial charge on any atom is -0.393 e. The molecule has 1 aromatic carbocycles. The lowest BCUT2D eigenvalue weighted by Gasteiger charge is -2.26. The van der Waals surface area contributed by atoms with Crippen molar-refractivity contribution < 1.29 is 13.5 Å². The highest BCUT2D eigenvalue weighted by Crippen LogP contribution is 2.31. The molecule has 0 spiro atoms. The van der Waals surface area contributed by atoms with Gasteiger partial charge in [-0.15, -0.1) is 0 Å².